The Kier molecular flexibility index (Phi) is 3.99. The lowest BCUT2D eigenvalue weighted by Crippen LogP contribution is -2.09. The van der Waals surface area contributed by atoms with Gasteiger partial charge >= 0.3 is 12.6 Å². The van der Waals surface area contributed by atoms with Crippen molar-refractivity contribution in [3.8, 4) is 11.8 Å². The number of ether oxygens (including phenoxy) is 2. The van der Waals surface area contributed by atoms with Crippen molar-refractivity contribution in [3.63, 3.8) is 0 Å². The summed E-state index contributed by atoms with van der Waals surface area (Å²) in [7, 11) is 1.14. The molecule has 0 heterocycles. The summed E-state index contributed by atoms with van der Waals surface area (Å²) < 4.78 is 32.9. The lowest BCUT2D eigenvalue weighted by atomic mass is 10.0. The highest BCUT2D eigenvalue weighted by Gasteiger charge is 2.19. The van der Waals surface area contributed by atoms with E-state index in [4.69, 9.17) is 5.26 Å². The summed E-state index contributed by atoms with van der Waals surface area (Å²) in [6.07, 6.45) is 0. The minimum absolute atomic E-state index is 0.0920. The van der Waals surface area contributed by atoms with E-state index in [9.17, 15) is 13.6 Å². The van der Waals surface area contributed by atoms with Gasteiger partial charge in [0.2, 0.25) is 0 Å². The van der Waals surface area contributed by atoms with Crippen LogP contribution in [0.2, 0.25) is 0 Å². The van der Waals surface area contributed by atoms with Crippen LogP contribution < -0.4 is 4.74 Å². The Morgan fingerprint density at radius 2 is 2.12 bits per heavy atom. The van der Waals surface area contributed by atoms with Gasteiger partial charge in [-0.05, 0) is 24.6 Å². The van der Waals surface area contributed by atoms with Crippen molar-refractivity contribution >= 4 is 5.97 Å². The molecule has 0 spiro atoms. The first-order chi connectivity index (χ1) is 7.99. The van der Waals surface area contributed by atoms with E-state index in [0.717, 1.165) is 7.11 Å². The smallest absolute Gasteiger partial charge is 0.387 e. The fraction of sp³-hybridized carbons (Fsp3) is 0.273. The zero-order valence-corrected chi connectivity index (χ0v) is 9.16. The number of benzene rings is 1. The van der Waals surface area contributed by atoms with Crippen molar-refractivity contribution in [2.75, 3.05) is 7.11 Å². The average molecular weight is 241 g/mol. The molecule has 1 aromatic rings. The van der Waals surface area contributed by atoms with E-state index in [0.29, 0.717) is 5.56 Å². The van der Waals surface area contributed by atoms with E-state index in [1.807, 2.05) is 0 Å². The van der Waals surface area contributed by atoms with Gasteiger partial charge in [-0.1, -0.05) is 0 Å². The van der Waals surface area contributed by atoms with Crippen molar-refractivity contribution in [1.29, 1.82) is 5.26 Å². The van der Waals surface area contributed by atoms with Crippen LogP contribution in [0, 0.1) is 18.3 Å². The molecule has 1 aromatic carbocycles. The maximum absolute atomic E-state index is 12.1. The van der Waals surface area contributed by atoms with E-state index in [1.54, 1.807) is 13.0 Å². The number of hydrogen-bond donors (Lipinski definition) is 0. The zero-order valence-electron chi connectivity index (χ0n) is 9.16. The minimum atomic E-state index is -3.06. The number of hydrogen-bond acceptors (Lipinski definition) is 4. The molecule has 0 unspecified atom stereocenters. The van der Waals surface area contributed by atoms with Crippen LogP contribution in [0.3, 0.4) is 0 Å². The fourth-order valence-corrected chi connectivity index (χ4v) is 1.33. The summed E-state index contributed by atoms with van der Waals surface area (Å²) in [6.45, 7) is -1.47. The predicted octanol–water partition coefficient (Wildman–Crippen LogP) is 2.25. The average Bonchev–Trinajstić information content (AvgIpc) is 2.26. The first kappa shape index (κ1) is 12.9. The van der Waals surface area contributed by atoms with Crippen LogP contribution >= 0.6 is 0 Å². The molecule has 17 heavy (non-hydrogen) atoms. The van der Waals surface area contributed by atoms with Crippen molar-refractivity contribution < 1.29 is 23.0 Å². The molecule has 1 rings (SSSR count). The quantitative estimate of drug-likeness (QED) is 0.761. The van der Waals surface area contributed by atoms with Gasteiger partial charge < -0.3 is 9.47 Å². The van der Waals surface area contributed by atoms with Crippen molar-refractivity contribution in [2.24, 2.45) is 0 Å². The third-order valence-electron chi connectivity index (χ3n) is 1.98. The van der Waals surface area contributed by atoms with E-state index in [-0.39, 0.29) is 16.9 Å². The van der Waals surface area contributed by atoms with Crippen LogP contribution in [-0.2, 0) is 4.74 Å². The van der Waals surface area contributed by atoms with Gasteiger partial charge in [-0.2, -0.15) is 14.0 Å². The Balaban J connectivity index is 3.36. The SMILES string of the molecule is COC(=O)c1cc(C)cc(OC(F)F)c1C#N. The summed E-state index contributed by atoms with van der Waals surface area (Å²) >= 11 is 0. The number of carbonyl (C=O) groups excluding carboxylic acids is 1. The molecule has 0 atom stereocenters. The maximum Gasteiger partial charge on any atom is 0.387 e. The molecule has 6 heteroatoms. The van der Waals surface area contributed by atoms with Crippen molar-refractivity contribution in [1.82, 2.24) is 0 Å². The van der Waals surface area contributed by atoms with Gasteiger partial charge in [-0.3, -0.25) is 0 Å². The Morgan fingerprint density at radius 1 is 1.47 bits per heavy atom. The topological polar surface area (TPSA) is 59.3 Å². The van der Waals surface area contributed by atoms with Crippen molar-refractivity contribution in [2.45, 2.75) is 13.5 Å². The van der Waals surface area contributed by atoms with Gasteiger partial charge in [0.15, 0.2) is 0 Å². The second-order valence-electron chi connectivity index (χ2n) is 3.17. The summed E-state index contributed by atoms with van der Waals surface area (Å²) in [5.41, 5.74) is 0.161. The number of carbonyl (C=O) groups is 1. The van der Waals surface area contributed by atoms with Crippen LogP contribution in [0.25, 0.3) is 0 Å². The van der Waals surface area contributed by atoms with Gasteiger partial charge in [0.05, 0.1) is 12.7 Å². The molecule has 0 saturated carbocycles. The van der Waals surface area contributed by atoms with E-state index >= 15 is 0 Å². The van der Waals surface area contributed by atoms with Crippen molar-refractivity contribution in [3.05, 3.63) is 28.8 Å². The fourth-order valence-electron chi connectivity index (χ4n) is 1.33. The Bertz CT molecular complexity index is 480. The minimum Gasteiger partial charge on any atom is -0.465 e. The van der Waals surface area contributed by atoms with Crippen LogP contribution in [0.4, 0.5) is 8.78 Å². The largest absolute Gasteiger partial charge is 0.465 e. The van der Waals surface area contributed by atoms with Crippen LogP contribution in [-0.4, -0.2) is 19.7 Å². The number of nitriles is 1. The highest BCUT2D eigenvalue weighted by Crippen LogP contribution is 2.26. The van der Waals surface area contributed by atoms with Crippen LogP contribution in [0.5, 0.6) is 5.75 Å². The molecular formula is C11H9F2NO3. The maximum atomic E-state index is 12.1. The summed E-state index contributed by atoms with van der Waals surface area (Å²) in [6, 6.07) is 4.29. The Morgan fingerprint density at radius 3 is 2.59 bits per heavy atom. The number of halogens is 2. The number of rotatable bonds is 3. The lowest BCUT2D eigenvalue weighted by molar-refractivity contribution is -0.0501. The highest BCUT2D eigenvalue weighted by molar-refractivity contribution is 5.93. The second-order valence-corrected chi connectivity index (χ2v) is 3.17. The standard InChI is InChI=1S/C11H9F2NO3/c1-6-3-7(10(15)16-2)8(5-14)9(4-6)17-11(12)13/h3-4,11H,1-2H3. The molecule has 0 amide bonds. The summed E-state index contributed by atoms with van der Waals surface area (Å²) in [4.78, 5) is 11.4. The first-order valence-electron chi connectivity index (χ1n) is 4.57. The molecule has 0 saturated heterocycles. The lowest BCUT2D eigenvalue weighted by Gasteiger charge is -2.10. The Hall–Kier alpha value is -2.16. The molecule has 0 bridgehead atoms. The number of nitrogens with zero attached hydrogens (tertiary/aromatic N) is 1. The molecular weight excluding hydrogens is 232 g/mol. The third kappa shape index (κ3) is 2.91. The molecule has 4 nitrogen and oxygen atoms in total. The van der Waals surface area contributed by atoms with E-state index in [2.05, 4.69) is 9.47 Å². The molecule has 0 aliphatic heterocycles. The molecule has 0 radical (unpaired) electrons. The van der Waals surface area contributed by atoms with Gasteiger partial charge in [-0.15, -0.1) is 0 Å². The van der Waals surface area contributed by atoms with Crippen LogP contribution in [0.1, 0.15) is 21.5 Å². The van der Waals surface area contributed by atoms with Crippen LogP contribution in [0.15, 0.2) is 12.1 Å². The number of esters is 1. The first-order valence-corrected chi connectivity index (χ1v) is 4.57. The summed E-state index contributed by atoms with van der Waals surface area (Å²) in [5.74, 6) is -1.10. The summed E-state index contributed by atoms with van der Waals surface area (Å²) in [5, 5.41) is 8.86. The molecule has 0 aromatic heterocycles. The van der Waals surface area contributed by atoms with Gasteiger partial charge in [0.1, 0.15) is 17.4 Å². The molecule has 0 fully saturated rings. The molecule has 90 valence electrons. The Labute approximate surface area is 96.4 Å². The van der Waals surface area contributed by atoms with Gasteiger partial charge in [-0.25, -0.2) is 4.79 Å². The highest BCUT2D eigenvalue weighted by atomic mass is 19.3. The normalized spacial score (nSPS) is 9.88. The number of alkyl halides is 2. The monoisotopic (exact) mass is 241 g/mol. The second kappa shape index (κ2) is 5.25. The van der Waals surface area contributed by atoms with E-state index < -0.39 is 12.6 Å². The number of aryl methyl sites for hydroxylation is 1. The van der Waals surface area contributed by atoms with E-state index in [1.165, 1.54) is 12.1 Å². The van der Waals surface area contributed by atoms with Gasteiger partial charge in [0.25, 0.3) is 0 Å². The molecule has 0 N–H and O–H groups in total. The van der Waals surface area contributed by atoms with Gasteiger partial charge in [0, 0.05) is 0 Å². The number of methoxy groups -OCH3 is 1. The third-order valence-corrected chi connectivity index (χ3v) is 1.98. The molecule has 0 aliphatic rings. The molecule has 0 aliphatic carbocycles. The zero-order chi connectivity index (χ0) is 13.0. The predicted molar refractivity (Wildman–Crippen MR) is 53.9 cm³/mol.